The number of carbonyl (C=O) groups is 2. The summed E-state index contributed by atoms with van der Waals surface area (Å²) >= 11 is 0. The summed E-state index contributed by atoms with van der Waals surface area (Å²) in [6.07, 6.45) is 7.05. The fraction of sp³-hybridized carbons (Fsp3) is 0.739. The molecular formula is C23H39NO4Si. The first-order chi connectivity index (χ1) is 13.4. The number of amides is 1. The maximum atomic E-state index is 13.3. The molecule has 0 aromatic rings. The molecule has 1 heterocycles. The Morgan fingerprint density at radius 1 is 1.31 bits per heavy atom. The van der Waals surface area contributed by atoms with E-state index in [-0.39, 0.29) is 16.9 Å². The number of ether oxygens (including phenoxy) is 1. The van der Waals surface area contributed by atoms with E-state index in [9.17, 15) is 9.59 Å². The molecule has 0 aromatic carbocycles. The van der Waals surface area contributed by atoms with Crippen molar-refractivity contribution in [1.29, 1.82) is 0 Å². The number of hydrogen-bond donors (Lipinski definition) is 1. The third-order valence-corrected chi connectivity index (χ3v) is 11.7. The number of esters is 1. The first kappa shape index (κ1) is 23.9. The van der Waals surface area contributed by atoms with E-state index in [0.29, 0.717) is 12.0 Å². The molecule has 3 unspecified atom stereocenters. The molecule has 1 N–H and O–H groups in total. The van der Waals surface area contributed by atoms with Gasteiger partial charge in [0.05, 0.1) is 19.1 Å². The maximum Gasteiger partial charge on any atom is 0.338 e. The molecule has 0 radical (unpaired) electrons. The average molecular weight is 422 g/mol. The molecule has 29 heavy (non-hydrogen) atoms. The average Bonchev–Trinajstić information content (AvgIpc) is 2.91. The number of carbonyl (C=O) groups excluding carboxylic acids is 2. The van der Waals surface area contributed by atoms with Gasteiger partial charge in [-0.05, 0) is 48.9 Å². The van der Waals surface area contributed by atoms with Gasteiger partial charge >= 0.3 is 5.97 Å². The molecule has 2 fully saturated rings. The summed E-state index contributed by atoms with van der Waals surface area (Å²) in [6.45, 7) is 18.9. The van der Waals surface area contributed by atoms with Crippen LogP contribution in [0.1, 0.15) is 59.3 Å². The fourth-order valence-electron chi connectivity index (χ4n) is 4.39. The number of hydrogen-bond acceptors (Lipinski definition) is 4. The van der Waals surface area contributed by atoms with Crippen molar-refractivity contribution in [3.63, 3.8) is 0 Å². The second-order valence-corrected chi connectivity index (χ2v) is 14.8. The molecule has 0 bridgehead atoms. The minimum absolute atomic E-state index is 0.0261. The van der Waals surface area contributed by atoms with Gasteiger partial charge in [-0.1, -0.05) is 52.7 Å². The molecule has 2 rings (SSSR count). The van der Waals surface area contributed by atoms with Gasteiger partial charge in [0.2, 0.25) is 5.91 Å². The van der Waals surface area contributed by atoms with Gasteiger partial charge in [0.25, 0.3) is 0 Å². The first-order valence-corrected chi connectivity index (χ1v) is 13.7. The zero-order valence-corrected chi connectivity index (χ0v) is 20.1. The Morgan fingerprint density at radius 3 is 2.38 bits per heavy atom. The zero-order valence-electron chi connectivity index (χ0n) is 19.1. The smallest absolute Gasteiger partial charge is 0.338 e. The molecule has 1 saturated heterocycles. The predicted octanol–water partition coefficient (Wildman–Crippen LogP) is 4.75. The lowest BCUT2D eigenvalue weighted by Gasteiger charge is -2.48. The van der Waals surface area contributed by atoms with E-state index in [4.69, 9.17) is 9.16 Å². The summed E-state index contributed by atoms with van der Waals surface area (Å²) < 4.78 is 12.2. The van der Waals surface area contributed by atoms with Gasteiger partial charge in [0.15, 0.2) is 13.9 Å². The first-order valence-electron chi connectivity index (χ1n) is 10.8. The van der Waals surface area contributed by atoms with Gasteiger partial charge in [-0.3, -0.25) is 4.79 Å². The molecule has 5 nitrogen and oxygen atoms in total. The van der Waals surface area contributed by atoms with Crippen molar-refractivity contribution in [3.8, 4) is 0 Å². The molecule has 1 amide bonds. The minimum Gasteiger partial charge on any atom is -0.467 e. The summed E-state index contributed by atoms with van der Waals surface area (Å²) in [4.78, 5) is 26.2. The lowest BCUT2D eigenvalue weighted by molar-refractivity contribution is -0.153. The van der Waals surface area contributed by atoms with Crippen LogP contribution in [-0.4, -0.2) is 38.9 Å². The summed E-state index contributed by atoms with van der Waals surface area (Å²) in [6, 6.07) is 0. The number of nitrogens with one attached hydrogen (secondary N) is 1. The predicted molar refractivity (Wildman–Crippen MR) is 119 cm³/mol. The summed E-state index contributed by atoms with van der Waals surface area (Å²) in [5.41, 5.74) is -0.777. The van der Waals surface area contributed by atoms with E-state index in [0.717, 1.165) is 25.7 Å². The molecule has 2 aliphatic rings. The third-order valence-electron chi connectivity index (χ3n) is 7.21. The summed E-state index contributed by atoms with van der Waals surface area (Å²) in [5.74, 6) is -0.978. The zero-order chi connectivity index (χ0) is 22.0. The Labute approximate surface area is 177 Å². The number of allylic oxidation sites excluding steroid dienone is 1. The lowest BCUT2D eigenvalue weighted by atomic mass is 9.73. The van der Waals surface area contributed by atoms with Crippen molar-refractivity contribution in [3.05, 3.63) is 24.8 Å². The van der Waals surface area contributed by atoms with Gasteiger partial charge in [0, 0.05) is 0 Å². The molecule has 0 spiro atoms. The summed E-state index contributed by atoms with van der Waals surface area (Å²) in [5, 5.41) is 2.98. The van der Waals surface area contributed by atoms with Crippen LogP contribution in [0.15, 0.2) is 24.8 Å². The van der Waals surface area contributed by atoms with Crippen LogP contribution in [0.25, 0.3) is 0 Å². The standard InChI is InChI=1S/C23H39NO4Si/c1-9-13-18-16(2)23(21(26)27-6,24-20(18)25)19(17-14-11-10-12-15-17)28-29(7,8)22(3,4)5/h9,17-19H,1-2,10-15H2,3-8H3,(H,24,25). The Kier molecular flexibility index (Phi) is 7.21. The van der Waals surface area contributed by atoms with Gasteiger partial charge in [0.1, 0.15) is 0 Å². The van der Waals surface area contributed by atoms with E-state index >= 15 is 0 Å². The van der Waals surface area contributed by atoms with Gasteiger partial charge in [-0.2, -0.15) is 0 Å². The quantitative estimate of drug-likeness (QED) is 0.366. The van der Waals surface area contributed by atoms with Crippen LogP contribution in [0.2, 0.25) is 18.1 Å². The Hall–Kier alpha value is -1.40. The van der Waals surface area contributed by atoms with Crippen molar-refractivity contribution in [1.82, 2.24) is 5.32 Å². The molecule has 1 saturated carbocycles. The highest BCUT2D eigenvalue weighted by molar-refractivity contribution is 6.74. The normalized spacial score (nSPS) is 27.4. The van der Waals surface area contributed by atoms with E-state index in [1.165, 1.54) is 13.5 Å². The highest BCUT2D eigenvalue weighted by Crippen LogP contribution is 2.47. The second kappa shape index (κ2) is 8.76. The van der Waals surface area contributed by atoms with E-state index in [1.807, 2.05) is 0 Å². The third kappa shape index (κ3) is 4.38. The SMILES string of the molecule is C=CCC1C(=C)C(C(=O)OC)(C(O[Si](C)(C)C(C)(C)C)C2CCCCC2)NC1=O. The van der Waals surface area contributed by atoms with Crippen LogP contribution in [0.4, 0.5) is 0 Å². The monoisotopic (exact) mass is 421 g/mol. The molecular weight excluding hydrogens is 382 g/mol. The van der Waals surface area contributed by atoms with Crippen molar-refractivity contribution >= 4 is 20.2 Å². The molecule has 0 aromatic heterocycles. The topological polar surface area (TPSA) is 64.6 Å². The second-order valence-electron chi connectivity index (χ2n) is 10.1. The highest BCUT2D eigenvalue weighted by Gasteiger charge is 2.61. The van der Waals surface area contributed by atoms with Crippen LogP contribution in [0.5, 0.6) is 0 Å². The van der Waals surface area contributed by atoms with E-state index < -0.39 is 31.8 Å². The van der Waals surface area contributed by atoms with Gasteiger partial charge in [-0.15, -0.1) is 6.58 Å². The lowest BCUT2D eigenvalue weighted by Crippen LogP contribution is -2.65. The Bertz CT molecular complexity index is 660. The number of rotatable bonds is 7. The van der Waals surface area contributed by atoms with Gasteiger partial charge in [-0.25, -0.2) is 4.79 Å². The largest absolute Gasteiger partial charge is 0.467 e. The molecule has 1 aliphatic heterocycles. The molecule has 3 atom stereocenters. The van der Waals surface area contributed by atoms with E-state index in [2.05, 4.69) is 52.3 Å². The van der Waals surface area contributed by atoms with Crippen LogP contribution in [-0.2, 0) is 18.8 Å². The van der Waals surface area contributed by atoms with Crippen LogP contribution in [0.3, 0.4) is 0 Å². The molecule has 1 aliphatic carbocycles. The van der Waals surface area contributed by atoms with E-state index in [1.54, 1.807) is 6.08 Å². The molecule has 164 valence electrons. The van der Waals surface area contributed by atoms with Crippen LogP contribution < -0.4 is 5.32 Å². The van der Waals surface area contributed by atoms with Gasteiger partial charge < -0.3 is 14.5 Å². The van der Waals surface area contributed by atoms with Crippen LogP contribution >= 0.6 is 0 Å². The van der Waals surface area contributed by atoms with Crippen molar-refractivity contribution < 1.29 is 18.8 Å². The van der Waals surface area contributed by atoms with Crippen molar-refractivity contribution in [2.75, 3.05) is 7.11 Å². The van der Waals surface area contributed by atoms with Crippen molar-refractivity contribution in [2.45, 2.75) is 89.1 Å². The summed E-state index contributed by atoms with van der Waals surface area (Å²) in [7, 11) is -0.868. The molecule has 6 heteroatoms. The van der Waals surface area contributed by atoms with Crippen molar-refractivity contribution in [2.24, 2.45) is 11.8 Å². The van der Waals surface area contributed by atoms with Crippen LogP contribution in [0, 0.1) is 11.8 Å². The Morgan fingerprint density at radius 2 is 1.90 bits per heavy atom. The number of methoxy groups -OCH3 is 1. The highest BCUT2D eigenvalue weighted by atomic mass is 28.4. The Balaban J connectivity index is 2.59. The fourth-order valence-corrected chi connectivity index (χ4v) is 5.75. The minimum atomic E-state index is -2.24. The maximum absolute atomic E-state index is 13.3.